The fraction of sp³-hybridized carbons (Fsp3) is 0.417. The Morgan fingerprint density at radius 2 is 1.83 bits per heavy atom. The van der Waals surface area contributed by atoms with Crippen molar-refractivity contribution in [2.75, 3.05) is 17.7 Å². The van der Waals surface area contributed by atoms with Gasteiger partial charge in [0.25, 0.3) is 5.91 Å². The molecule has 1 aliphatic carbocycles. The predicted octanol–water partition coefficient (Wildman–Crippen LogP) is 4.90. The highest BCUT2D eigenvalue weighted by atomic mass is 16.5. The Bertz CT molecular complexity index is 889. The molecule has 3 N–H and O–H groups in total. The highest BCUT2D eigenvalue weighted by molar-refractivity contribution is 5.93. The van der Waals surface area contributed by atoms with Gasteiger partial charge in [-0.2, -0.15) is 0 Å². The van der Waals surface area contributed by atoms with Gasteiger partial charge in [0.1, 0.15) is 11.9 Å². The first-order valence-electron chi connectivity index (χ1n) is 10.6. The molecule has 0 atom stereocenters. The third-order valence-electron chi connectivity index (χ3n) is 5.29. The van der Waals surface area contributed by atoms with Gasteiger partial charge in [0.2, 0.25) is 0 Å². The number of ether oxygens (including phenoxy) is 2. The van der Waals surface area contributed by atoms with Gasteiger partial charge in [-0.3, -0.25) is 4.79 Å². The van der Waals surface area contributed by atoms with Crippen molar-refractivity contribution in [3.8, 4) is 5.75 Å². The minimum Gasteiger partial charge on any atom is -0.482 e. The quantitative estimate of drug-likeness (QED) is 0.500. The van der Waals surface area contributed by atoms with Gasteiger partial charge < -0.3 is 20.5 Å². The van der Waals surface area contributed by atoms with Gasteiger partial charge >= 0.3 is 5.97 Å². The van der Waals surface area contributed by atoms with Crippen molar-refractivity contribution in [1.29, 1.82) is 0 Å². The molecule has 30 heavy (non-hydrogen) atoms. The zero-order chi connectivity index (χ0) is 21.5. The molecule has 0 spiro atoms. The van der Waals surface area contributed by atoms with E-state index < -0.39 is 0 Å². The van der Waals surface area contributed by atoms with Gasteiger partial charge in [-0.1, -0.05) is 38.5 Å². The van der Waals surface area contributed by atoms with Crippen LogP contribution in [0.4, 0.5) is 11.4 Å². The standard InChI is InChI=1S/C24H30N2O4/c1-16(2)19-10-6-7-11-21(19)26-23(27)15-29-22-14-17(12-13-20(22)25)24(28)30-18-8-4-3-5-9-18/h6-7,10-14,16,18H,3-5,8-9,15,25H2,1-2H3,(H,26,27). The monoisotopic (exact) mass is 410 g/mol. The van der Waals surface area contributed by atoms with Crippen LogP contribution in [0.15, 0.2) is 42.5 Å². The summed E-state index contributed by atoms with van der Waals surface area (Å²) < 4.78 is 11.2. The molecule has 1 aliphatic rings. The van der Waals surface area contributed by atoms with Crippen molar-refractivity contribution in [3.63, 3.8) is 0 Å². The summed E-state index contributed by atoms with van der Waals surface area (Å²) in [6.45, 7) is 3.93. The first-order chi connectivity index (χ1) is 14.4. The molecule has 0 aromatic heterocycles. The lowest BCUT2D eigenvalue weighted by Gasteiger charge is -2.22. The maximum Gasteiger partial charge on any atom is 0.338 e. The highest BCUT2D eigenvalue weighted by Crippen LogP contribution is 2.26. The molecule has 1 saturated carbocycles. The van der Waals surface area contributed by atoms with Crippen LogP contribution < -0.4 is 15.8 Å². The van der Waals surface area contributed by atoms with Crippen molar-refractivity contribution in [2.24, 2.45) is 0 Å². The predicted molar refractivity (Wildman–Crippen MR) is 118 cm³/mol. The summed E-state index contributed by atoms with van der Waals surface area (Å²) in [6.07, 6.45) is 5.15. The molecule has 2 aromatic carbocycles. The molecular weight excluding hydrogens is 380 g/mol. The molecule has 6 nitrogen and oxygen atoms in total. The molecule has 0 bridgehead atoms. The Morgan fingerprint density at radius 3 is 2.57 bits per heavy atom. The molecule has 0 radical (unpaired) electrons. The number of carbonyl (C=O) groups excluding carboxylic acids is 2. The van der Waals surface area contributed by atoms with E-state index in [1.54, 1.807) is 12.1 Å². The number of rotatable bonds is 7. The van der Waals surface area contributed by atoms with E-state index in [2.05, 4.69) is 19.2 Å². The lowest BCUT2D eigenvalue weighted by molar-refractivity contribution is -0.118. The summed E-state index contributed by atoms with van der Waals surface area (Å²) in [5, 5.41) is 2.88. The number of benzene rings is 2. The summed E-state index contributed by atoms with van der Waals surface area (Å²) >= 11 is 0. The van der Waals surface area contributed by atoms with Gasteiger partial charge in [0, 0.05) is 5.69 Å². The number of carbonyl (C=O) groups is 2. The Morgan fingerprint density at radius 1 is 1.10 bits per heavy atom. The second-order valence-electron chi connectivity index (χ2n) is 8.00. The van der Waals surface area contributed by atoms with Crippen LogP contribution in [-0.2, 0) is 9.53 Å². The van der Waals surface area contributed by atoms with Crippen molar-refractivity contribution in [2.45, 2.75) is 58.0 Å². The molecule has 3 rings (SSSR count). The van der Waals surface area contributed by atoms with Crippen molar-refractivity contribution < 1.29 is 19.1 Å². The number of nitrogen functional groups attached to an aromatic ring is 1. The number of hydrogen-bond acceptors (Lipinski definition) is 5. The molecular formula is C24H30N2O4. The molecule has 0 unspecified atom stereocenters. The molecule has 0 aliphatic heterocycles. The third kappa shape index (κ3) is 5.75. The number of amides is 1. The largest absolute Gasteiger partial charge is 0.482 e. The van der Waals surface area contributed by atoms with Crippen LogP contribution in [0.3, 0.4) is 0 Å². The SMILES string of the molecule is CC(C)c1ccccc1NC(=O)COc1cc(C(=O)OC2CCCCC2)ccc1N. The average Bonchev–Trinajstić information content (AvgIpc) is 2.74. The summed E-state index contributed by atoms with van der Waals surface area (Å²) in [5.41, 5.74) is 8.52. The number of hydrogen-bond donors (Lipinski definition) is 2. The third-order valence-corrected chi connectivity index (χ3v) is 5.29. The van der Waals surface area contributed by atoms with Crippen LogP contribution in [0, 0.1) is 0 Å². The highest BCUT2D eigenvalue weighted by Gasteiger charge is 2.20. The number of anilines is 2. The van der Waals surface area contributed by atoms with Gasteiger partial charge in [0.05, 0.1) is 11.3 Å². The normalized spacial score (nSPS) is 14.4. The Labute approximate surface area is 177 Å². The van der Waals surface area contributed by atoms with E-state index in [4.69, 9.17) is 15.2 Å². The van der Waals surface area contributed by atoms with E-state index in [0.717, 1.165) is 36.9 Å². The van der Waals surface area contributed by atoms with Gasteiger partial charge in [-0.15, -0.1) is 0 Å². The fourth-order valence-corrected chi connectivity index (χ4v) is 3.63. The van der Waals surface area contributed by atoms with Crippen molar-refractivity contribution >= 4 is 23.3 Å². The Hall–Kier alpha value is -3.02. The molecule has 6 heteroatoms. The summed E-state index contributed by atoms with van der Waals surface area (Å²) in [4.78, 5) is 24.8. The van der Waals surface area contributed by atoms with Gasteiger partial charge in [-0.25, -0.2) is 4.79 Å². The van der Waals surface area contributed by atoms with E-state index in [0.29, 0.717) is 17.0 Å². The second-order valence-corrected chi connectivity index (χ2v) is 8.00. The molecule has 0 saturated heterocycles. The van der Waals surface area contributed by atoms with Crippen molar-refractivity contribution in [1.82, 2.24) is 0 Å². The lowest BCUT2D eigenvalue weighted by atomic mass is 9.98. The fourth-order valence-electron chi connectivity index (χ4n) is 3.63. The Kier molecular flexibility index (Phi) is 7.33. The van der Waals surface area contributed by atoms with Crippen LogP contribution in [0.1, 0.15) is 67.8 Å². The summed E-state index contributed by atoms with van der Waals surface area (Å²) in [5.74, 6) is -0.106. The van der Waals surface area contributed by atoms with E-state index in [1.807, 2.05) is 24.3 Å². The van der Waals surface area contributed by atoms with Gasteiger partial charge in [-0.05, 0) is 61.4 Å². The topological polar surface area (TPSA) is 90.6 Å². The molecule has 2 aromatic rings. The molecule has 160 valence electrons. The van der Waals surface area contributed by atoms with Crippen LogP contribution in [-0.4, -0.2) is 24.6 Å². The number of nitrogens with two attached hydrogens (primary N) is 1. The Balaban J connectivity index is 1.60. The lowest BCUT2D eigenvalue weighted by Crippen LogP contribution is -2.22. The van der Waals surface area contributed by atoms with E-state index in [1.165, 1.54) is 12.5 Å². The minimum absolute atomic E-state index is 0.0278. The second kappa shape index (κ2) is 10.1. The van der Waals surface area contributed by atoms with Crippen molar-refractivity contribution in [3.05, 3.63) is 53.6 Å². The minimum atomic E-state index is -0.387. The summed E-state index contributed by atoms with van der Waals surface area (Å²) in [6, 6.07) is 12.4. The first kappa shape index (κ1) is 21.7. The summed E-state index contributed by atoms with van der Waals surface area (Å²) in [7, 11) is 0. The zero-order valence-corrected chi connectivity index (χ0v) is 17.6. The smallest absolute Gasteiger partial charge is 0.338 e. The van der Waals surface area contributed by atoms with Crippen LogP contribution in [0.5, 0.6) is 5.75 Å². The van der Waals surface area contributed by atoms with Crippen LogP contribution >= 0.6 is 0 Å². The van der Waals surface area contributed by atoms with Crippen LogP contribution in [0.25, 0.3) is 0 Å². The maximum atomic E-state index is 12.5. The van der Waals surface area contributed by atoms with E-state index in [9.17, 15) is 9.59 Å². The first-order valence-corrected chi connectivity index (χ1v) is 10.6. The molecule has 0 heterocycles. The van der Waals surface area contributed by atoms with E-state index in [-0.39, 0.29) is 30.5 Å². The number of esters is 1. The number of para-hydroxylation sites is 1. The molecule has 1 amide bonds. The number of nitrogens with one attached hydrogen (secondary N) is 1. The zero-order valence-electron chi connectivity index (χ0n) is 17.6. The molecule has 1 fully saturated rings. The van der Waals surface area contributed by atoms with Crippen LogP contribution in [0.2, 0.25) is 0 Å². The average molecular weight is 411 g/mol. The maximum absolute atomic E-state index is 12.5. The van der Waals surface area contributed by atoms with E-state index >= 15 is 0 Å². The van der Waals surface area contributed by atoms with Gasteiger partial charge in [0.15, 0.2) is 6.61 Å².